The number of rotatable bonds is 3. The molecule has 3 rings (SSSR count). The minimum atomic E-state index is 0.102. The van der Waals surface area contributed by atoms with Crippen molar-refractivity contribution in [1.29, 1.82) is 0 Å². The van der Waals surface area contributed by atoms with Crippen molar-refractivity contribution >= 4 is 5.91 Å². The van der Waals surface area contributed by atoms with Crippen molar-refractivity contribution in [3.8, 4) is 0 Å². The molecule has 2 aliphatic heterocycles. The Labute approximate surface area is 125 Å². The smallest absolute Gasteiger partial charge is 0.236 e. The lowest BCUT2D eigenvalue weighted by Gasteiger charge is -2.28. The second-order valence-corrected chi connectivity index (χ2v) is 5.87. The first-order valence-electron chi connectivity index (χ1n) is 7.62. The molecule has 5 heteroatoms. The largest absolute Gasteiger partial charge is 0.378 e. The van der Waals surface area contributed by atoms with Crippen molar-refractivity contribution < 1.29 is 9.53 Å². The van der Waals surface area contributed by atoms with E-state index in [0.717, 1.165) is 13.1 Å². The van der Waals surface area contributed by atoms with Crippen molar-refractivity contribution in [2.45, 2.75) is 12.0 Å². The molecule has 0 radical (unpaired) electrons. The van der Waals surface area contributed by atoms with Crippen LogP contribution in [-0.4, -0.2) is 67.7 Å². The molecule has 0 saturated carbocycles. The summed E-state index contributed by atoms with van der Waals surface area (Å²) in [5, 5.41) is 0. The van der Waals surface area contributed by atoms with Gasteiger partial charge in [0.2, 0.25) is 5.91 Å². The van der Waals surface area contributed by atoms with Crippen LogP contribution in [0.15, 0.2) is 30.3 Å². The molecular weight excluding hydrogens is 266 g/mol. The topological polar surface area (TPSA) is 58.8 Å². The first-order chi connectivity index (χ1) is 10.2. The van der Waals surface area contributed by atoms with E-state index < -0.39 is 0 Å². The van der Waals surface area contributed by atoms with E-state index in [1.54, 1.807) is 0 Å². The van der Waals surface area contributed by atoms with Crippen LogP contribution < -0.4 is 5.73 Å². The third-order valence-electron chi connectivity index (χ3n) is 4.39. The second kappa shape index (κ2) is 6.56. The standard InChI is InChI=1S/C16H23N3O2/c17-15-11-18(10-14(15)13-4-2-1-3-5-13)12-16(20)19-6-8-21-9-7-19/h1-5,14-15H,6-12,17H2/t14-,15+/m0/s1. The lowest BCUT2D eigenvalue weighted by atomic mass is 9.95. The zero-order chi connectivity index (χ0) is 14.7. The molecule has 21 heavy (non-hydrogen) atoms. The number of nitrogens with two attached hydrogens (primary N) is 1. The summed E-state index contributed by atoms with van der Waals surface area (Å²) >= 11 is 0. The Morgan fingerprint density at radius 2 is 1.90 bits per heavy atom. The molecule has 114 valence electrons. The van der Waals surface area contributed by atoms with Crippen molar-refractivity contribution in [1.82, 2.24) is 9.80 Å². The highest BCUT2D eigenvalue weighted by Gasteiger charge is 2.32. The highest BCUT2D eigenvalue weighted by atomic mass is 16.5. The maximum Gasteiger partial charge on any atom is 0.236 e. The summed E-state index contributed by atoms with van der Waals surface area (Å²) in [6.45, 7) is 4.84. The van der Waals surface area contributed by atoms with Crippen molar-refractivity contribution in [2.24, 2.45) is 5.73 Å². The predicted molar refractivity (Wildman–Crippen MR) is 81.0 cm³/mol. The van der Waals surface area contributed by atoms with Gasteiger partial charge in [-0.3, -0.25) is 9.69 Å². The summed E-state index contributed by atoms with van der Waals surface area (Å²) < 4.78 is 5.28. The summed E-state index contributed by atoms with van der Waals surface area (Å²) in [7, 11) is 0. The molecule has 2 fully saturated rings. The Morgan fingerprint density at radius 1 is 1.19 bits per heavy atom. The summed E-state index contributed by atoms with van der Waals surface area (Å²) in [5.74, 6) is 0.517. The number of benzene rings is 1. The number of hydrogen-bond acceptors (Lipinski definition) is 4. The van der Waals surface area contributed by atoms with Crippen molar-refractivity contribution in [2.75, 3.05) is 45.9 Å². The fraction of sp³-hybridized carbons (Fsp3) is 0.562. The molecular formula is C16H23N3O2. The van der Waals surface area contributed by atoms with Crippen LogP contribution in [0, 0.1) is 0 Å². The molecule has 2 saturated heterocycles. The lowest BCUT2D eigenvalue weighted by Crippen LogP contribution is -2.45. The molecule has 0 aliphatic carbocycles. The van der Waals surface area contributed by atoms with Crippen LogP contribution in [0.3, 0.4) is 0 Å². The van der Waals surface area contributed by atoms with E-state index >= 15 is 0 Å². The van der Waals surface area contributed by atoms with E-state index in [1.165, 1.54) is 5.56 Å². The molecule has 0 unspecified atom stereocenters. The maximum atomic E-state index is 12.3. The molecule has 0 spiro atoms. The quantitative estimate of drug-likeness (QED) is 0.868. The normalized spacial score (nSPS) is 27.0. The number of carbonyl (C=O) groups excluding carboxylic acids is 1. The van der Waals surface area contributed by atoms with E-state index in [1.807, 2.05) is 23.1 Å². The highest BCUT2D eigenvalue weighted by molar-refractivity contribution is 5.78. The average molecular weight is 289 g/mol. The second-order valence-electron chi connectivity index (χ2n) is 5.87. The third kappa shape index (κ3) is 3.43. The number of hydrogen-bond donors (Lipinski definition) is 1. The van der Waals surface area contributed by atoms with Crippen molar-refractivity contribution in [3.63, 3.8) is 0 Å². The fourth-order valence-electron chi connectivity index (χ4n) is 3.20. The lowest BCUT2D eigenvalue weighted by molar-refractivity contribution is -0.136. The van der Waals surface area contributed by atoms with Crippen LogP contribution in [-0.2, 0) is 9.53 Å². The van der Waals surface area contributed by atoms with Gasteiger partial charge in [0, 0.05) is 38.1 Å². The SMILES string of the molecule is N[C@@H]1CN(CC(=O)N2CCOCC2)C[C@H]1c1ccccc1. The minimum Gasteiger partial charge on any atom is -0.378 e. The predicted octanol–water partition coefficient (Wildman–Crippen LogP) is 0.272. The molecule has 2 N–H and O–H groups in total. The Hall–Kier alpha value is -1.43. The Bertz CT molecular complexity index is 474. The molecule has 1 aromatic carbocycles. The first-order valence-corrected chi connectivity index (χ1v) is 7.62. The molecule has 0 bridgehead atoms. The fourth-order valence-corrected chi connectivity index (χ4v) is 3.20. The highest BCUT2D eigenvalue weighted by Crippen LogP contribution is 2.26. The molecule has 2 aliphatic rings. The van der Waals surface area contributed by atoms with Crippen molar-refractivity contribution in [3.05, 3.63) is 35.9 Å². The molecule has 2 atom stereocenters. The van der Waals surface area contributed by atoms with Gasteiger partial charge in [-0.15, -0.1) is 0 Å². The van der Waals surface area contributed by atoms with Crippen LogP contribution >= 0.6 is 0 Å². The van der Waals surface area contributed by atoms with Gasteiger partial charge in [0.15, 0.2) is 0 Å². The Morgan fingerprint density at radius 3 is 2.62 bits per heavy atom. The summed E-state index contributed by atoms with van der Waals surface area (Å²) in [6.07, 6.45) is 0. The molecule has 0 aromatic heterocycles. The van der Waals surface area contributed by atoms with Gasteiger partial charge < -0.3 is 15.4 Å². The number of likely N-dealkylation sites (tertiary alicyclic amines) is 1. The molecule has 1 aromatic rings. The molecule has 1 amide bonds. The van der Waals surface area contributed by atoms with Crippen LogP contribution in [0.25, 0.3) is 0 Å². The monoisotopic (exact) mass is 289 g/mol. The van der Waals surface area contributed by atoms with Gasteiger partial charge in [0.1, 0.15) is 0 Å². The minimum absolute atomic E-state index is 0.102. The number of nitrogens with zero attached hydrogens (tertiary/aromatic N) is 2. The maximum absolute atomic E-state index is 12.3. The van der Waals surface area contributed by atoms with Gasteiger partial charge in [0.05, 0.1) is 19.8 Å². The van der Waals surface area contributed by atoms with E-state index in [-0.39, 0.29) is 11.9 Å². The summed E-state index contributed by atoms with van der Waals surface area (Å²) in [4.78, 5) is 16.4. The van der Waals surface area contributed by atoms with Gasteiger partial charge >= 0.3 is 0 Å². The van der Waals surface area contributed by atoms with E-state index in [0.29, 0.717) is 38.8 Å². The number of amides is 1. The van der Waals surface area contributed by atoms with E-state index in [4.69, 9.17) is 10.5 Å². The van der Waals surface area contributed by atoms with Gasteiger partial charge in [-0.1, -0.05) is 30.3 Å². The van der Waals surface area contributed by atoms with Gasteiger partial charge in [-0.2, -0.15) is 0 Å². The molecule has 2 heterocycles. The number of carbonyl (C=O) groups is 1. The zero-order valence-electron chi connectivity index (χ0n) is 12.3. The van der Waals surface area contributed by atoms with Gasteiger partial charge in [-0.05, 0) is 5.56 Å². The number of ether oxygens (including phenoxy) is 1. The average Bonchev–Trinajstić information content (AvgIpc) is 2.89. The third-order valence-corrected chi connectivity index (χ3v) is 4.39. The Kier molecular flexibility index (Phi) is 4.53. The van der Waals surface area contributed by atoms with Crippen LogP contribution in [0.5, 0.6) is 0 Å². The van der Waals surface area contributed by atoms with Gasteiger partial charge in [0.25, 0.3) is 0 Å². The zero-order valence-corrected chi connectivity index (χ0v) is 12.3. The van der Waals surface area contributed by atoms with E-state index in [9.17, 15) is 4.79 Å². The first kappa shape index (κ1) is 14.5. The van der Waals surface area contributed by atoms with Crippen LogP contribution in [0.4, 0.5) is 0 Å². The summed E-state index contributed by atoms with van der Waals surface area (Å²) in [6, 6.07) is 10.5. The molecule has 5 nitrogen and oxygen atoms in total. The van der Waals surface area contributed by atoms with E-state index in [2.05, 4.69) is 17.0 Å². The van der Waals surface area contributed by atoms with Gasteiger partial charge in [-0.25, -0.2) is 0 Å². The van der Waals surface area contributed by atoms with Crippen LogP contribution in [0.2, 0.25) is 0 Å². The summed E-state index contributed by atoms with van der Waals surface area (Å²) in [5.41, 5.74) is 7.54. The Balaban J connectivity index is 1.57. The number of morpholine rings is 1. The van der Waals surface area contributed by atoms with Crippen LogP contribution in [0.1, 0.15) is 11.5 Å².